The average Bonchev–Trinajstić information content (AvgIpc) is 2.27. The Kier molecular flexibility index (Phi) is 4.12. The minimum absolute atomic E-state index is 0.124. The van der Waals surface area contributed by atoms with E-state index in [4.69, 9.17) is 0 Å². The van der Waals surface area contributed by atoms with E-state index in [2.05, 4.69) is 64.6 Å². The third-order valence-electron chi connectivity index (χ3n) is 2.96. The highest BCUT2D eigenvalue weighted by atomic mass is 14.2. The van der Waals surface area contributed by atoms with Crippen LogP contribution >= 0.6 is 0 Å². The second-order valence-electron chi connectivity index (χ2n) is 5.21. The molecule has 0 aliphatic rings. The average molecular weight is 214 g/mol. The molecule has 0 saturated heterocycles. The molecule has 0 saturated carbocycles. The predicted molar refractivity (Wildman–Crippen MR) is 73.3 cm³/mol. The number of rotatable bonds is 4. The van der Waals surface area contributed by atoms with Crippen LogP contribution in [-0.4, -0.2) is 0 Å². The maximum atomic E-state index is 4.25. The van der Waals surface area contributed by atoms with Gasteiger partial charge in [-0.1, -0.05) is 62.4 Å². The Labute approximate surface area is 99.7 Å². The molecule has 0 atom stereocenters. The molecule has 0 radical (unpaired) electrons. The molecule has 1 aromatic rings. The zero-order chi connectivity index (χ0) is 12.2. The zero-order valence-electron chi connectivity index (χ0n) is 10.9. The Morgan fingerprint density at radius 2 is 1.75 bits per heavy atom. The van der Waals surface area contributed by atoms with Crippen LogP contribution in [0.1, 0.15) is 39.7 Å². The van der Waals surface area contributed by atoms with Gasteiger partial charge in [-0.05, 0) is 36.8 Å². The zero-order valence-corrected chi connectivity index (χ0v) is 10.9. The second kappa shape index (κ2) is 5.16. The molecule has 0 aliphatic heterocycles. The first-order valence-corrected chi connectivity index (χ1v) is 5.81. The summed E-state index contributed by atoms with van der Waals surface area (Å²) in [5.41, 5.74) is 3.95. The number of hydrogen-bond acceptors (Lipinski definition) is 0. The van der Waals surface area contributed by atoms with Crippen molar-refractivity contribution in [3.8, 4) is 0 Å². The molecule has 0 heteroatoms. The molecule has 16 heavy (non-hydrogen) atoms. The highest BCUT2D eigenvalue weighted by molar-refractivity contribution is 5.67. The van der Waals surface area contributed by atoms with Gasteiger partial charge in [-0.2, -0.15) is 0 Å². The molecule has 0 amide bonds. The largest absolute Gasteiger partial charge is 0.0947 e. The van der Waals surface area contributed by atoms with Crippen molar-refractivity contribution in [1.82, 2.24) is 0 Å². The van der Waals surface area contributed by atoms with E-state index in [0.717, 1.165) is 6.42 Å². The quantitative estimate of drug-likeness (QED) is 0.613. The summed E-state index contributed by atoms with van der Waals surface area (Å²) in [5.74, 6) is 0. The van der Waals surface area contributed by atoms with Gasteiger partial charge in [-0.25, -0.2) is 0 Å². The molecule has 0 heterocycles. The van der Waals surface area contributed by atoms with Crippen molar-refractivity contribution in [2.24, 2.45) is 5.41 Å². The van der Waals surface area contributed by atoms with E-state index in [0.29, 0.717) is 0 Å². The lowest BCUT2D eigenvalue weighted by Crippen LogP contribution is -2.12. The van der Waals surface area contributed by atoms with Gasteiger partial charge in [0.25, 0.3) is 0 Å². The van der Waals surface area contributed by atoms with Crippen LogP contribution in [0, 0.1) is 5.41 Å². The van der Waals surface area contributed by atoms with E-state index >= 15 is 0 Å². The van der Waals surface area contributed by atoms with Gasteiger partial charge in [-0.3, -0.25) is 0 Å². The van der Waals surface area contributed by atoms with Crippen molar-refractivity contribution in [2.45, 2.75) is 34.1 Å². The maximum Gasteiger partial charge on any atom is -0.00689 e. The first kappa shape index (κ1) is 12.8. The molecule has 0 fully saturated rings. The molecule has 0 unspecified atom stereocenters. The summed E-state index contributed by atoms with van der Waals surface area (Å²) in [7, 11) is 0. The van der Waals surface area contributed by atoms with Crippen LogP contribution in [-0.2, 0) is 0 Å². The molecule has 0 aromatic heterocycles. The standard InChI is InChI=1S/C16H22/c1-13(2)11-12-16(4,5)14(3)15-9-7-6-8-10-15/h6-11H,3,12H2,1-2,4-5H3. The van der Waals surface area contributed by atoms with Crippen LogP contribution in [0.4, 0.5) is 0 Å². The Bertz CT molecular complexity index is 376. The fraction of sp³-hybridized carbons (Fsp3) is 0.375. The second-order valence-corrected chi connectivity index (χ2v) is 5.21. The summed E-state index contributed by atoms with van der Waals surface area (Å²) in [5, 5.41) is 0. The van der Waals surface area contributed by atoms with Crippen LogP contribution in [0.3, 0.4) is 0 Å². The SMILES string of the molecule is C=C(c1ccccc1)C(C)(C)CC=C(C)C. The van der Waals surface area contributed by atoms with E-state index in [1.54, 1.807) is 0 Å². The fourth-order valence-electron chi connectivity index (χ4n) is 1.61. The third kappa shape index (κ3) is 3.37. The molecule has 86 valence electrons. The molecule has 0 aliphatic carbocycles. The van der Waals surface area contributed by atoms with Crippen molar-refractivity contribution in [3.63, 3.8) is 0 Å². The fourth-order valence-corrected chi connectivity index (χ4v) is 1.61. The first-order chi connectivity index (χ1) is 7.43. The lowest BCUT2D eigenvalue weighted by molar-refractivity contribution is 0.509. The highest BCUT2D eigenvalue weighted by Gasteiger charge is 2.21. The van der Waals surface area contributed by atoms with Crippen molar-refractivity contribution in [2.75, 3.05) is 0 Å². The highest BCUT2D eigenvalue weighted by Crippen LogP contribution is 2.36. The van der Waals surface area contributed by atoms with Crippen molar-refractivity contribution in [1.29, 1.82) is 0 Å². The van der Waals surface area contributed by atoms with Gasteiger partial charge in [0.05, 0.1) is 0 Å². The lowest BCUT2D eigenvalue weighted by atomic mass is 9.78. The first-order valence-electron chi connectivity index (χ1n) is 5.81. The van der Waals surface area contributed by atoms with Gasteiger partial charge < -0.3 is 0 Å². The summed E-state index contributed by atoms with van der Waals surface area (Å²) in [4.78, 5) is 0. The molecule has 0 nitrogen and oxygen atoms in total. The molecular weight excluding hydrogens is 192 g/mol. The number of allylic oxidation sites excluding steroid dienone is 3. The Hall–Kier alpha value is -1.30. The van der Waals surface area contributed by atoms with Gasteiger partial charge >= 0.3 is 0 Å². The Balaban J connectivity index is 2.84. The smallest absolute Gasteiger partial charge is 0.00689 e. The van der Waals surface area contributed by atoms with E-state index in [-0.39, 0.29) is 5.41 Å². The molecule has 1 rings (SSSR count). The molecule has 0 bridgehead atoms. The monoisotopic (exact) mass is 214 g/mol. The van der Waals surface area contributed by atoms with E-state index < -0.39 is 0 Å². The van der Waals surface area contributed by atoms with Crippen LogP contribution in [0.5, 0.6) is 0 Å². The van der Waals surface area contributed by atoms with Crippen molar-refractivity contribution >= 4 is 5.57 Å². The van der Waals surface area contributed by atoms with Crippen LogP contribution < -0.4 is 0 Å². The summed E-state index contributed by atoms with van der Waals surface area (Å²) in [6.45, 7) is 13.0. The number of benzene rings is 1. The Morgan fingerprint density at radius 1 is 1.19 bits per heavy atom. The molecular formula is C16H22. The lowest BCUT2D eigenvalue weighted by Gasteiger charge is -2.26. The van der Waals surface area contributed by atoms with Crippen molar-refractivity contribution < 1.29 is 0 Å². The van der Waals surface area contributed by atoms with E-state index in [1.165, 1.54) is 16.7 Å². The minimum Gasteiger partial charge on any atom is -0.0947 e. The van der Waals surface area contributed by atoms with Gasteiger partial charge in [0, 0.05) is 0 Å². The molecule has 1 aromatic carbocycles. The van der Waals surface area contributed by atoms with E-state index in [1.807, 2.05) is 6.07 Å². The summed E-state index contributed by atoms with van der Waals surface area (Å²) in [6, 6.07) is 10.4. The van der Waals surface area contributed by atoms with E-state index in [9.17, 15) is 0 Å². The molecule has 0 N–H and O–H groups in total. The maximum absolute atomic E-state index is 4.25. The van der Waals surface area contributed by atoms with Gasteiger partial charge in [0.2, 0.25) is 0 Å². The normalized spacial score (nSPS) is 11.0. The van der Waals surface area contributed by atoms with Crippen LogP contribution in [0.15, 0.2) is 48.6 Å². The van der Waals surface area contributed by atoms with Gasteiger partial charge in [0.1, 0.15) is 0 Å². The third-order valence-corrected chi connectivity index (χ3v) is 2.96. The number of hydrogen-bond donors (Lipinski definition) is 0. The summed E-state index contributed by atoms with van der Waals surface area (Å²) >= 11 is 0. The summed E-state index contributed by atoms with van der Waals surface area (Å²) in [6.07, 6.45) is 3.33. The minimum atomic E-state index is 0.124. The topological polar surface area (TPSA) is 0 Å². The van der Waals surface area contributed by atoms with Gasteiger partial charge in [0.15, 0.2) is 0 Å². The van der Waals surface area contributed by atoms with Crippen LogP contribution in [0.2, 0.25) is 0 Å². The predicted octanol–water partition coefficient (Wildman–Crippen LogP) is 5.08. The molecule has 0 spiro atoms. The van der Waals surface area contributed by atoms with Crippen molar-refractivity contribution in [3.05, 3.63) is 54.1 Å². The Morgan fingerprint density at radius 3 is 2.25 bits per heavy atom. The van der Waals surface area contributed by atoms with Crippen LogP contribution in [0.25, 0.3) is 5.57 Å². The van der Waals surface area contributed by atoms with Gasteiger partial charge in [-0.15, -0.1) is 0 Å². The summed E-state index contributed by atoms with van der Waals surface area (Å²) < 4.78 is 0.